The zero-order chi connectivity index (χ0) is 13.6. The lowest BCUT2D eigenvalue weighted by Gasteiger charge is -2.12. The Kier molecular flexibility index (Phi) is 5.43. The van der Waals surface area contributed by atoms with E-state index in [1.807, 2.05) is 6.92 Å². The minimum atomic E-state index is -3.31. The quantitative estimate of drug-likeness (QED) is 0.793. The summed E-state index contributed by atoms with van der Waals surface area (Å²) in [6.45, 7) is 3.95. The van der Waals surface area contributed by atoms with Crippen molar-refractivity contribution in [3.8, 4) is 5.75 Å². The van der Waals surface area contributed by atoms with E-state index in [9.17, 15) is 13.5 Å². The van der Waals surface area contributed by atoms with Crippen molar-refractivity contribution in [2.45, 2.75) is 26.9 Å². The van der Waals surface area contributed by atoms with E-state index in [0.29, 0.717) is 30.0 Å². The summed E-state index contributed by atoms with van der Waals surface area (Å²) >= 11 is 0. The maximum absolute atomic E-state index is 11.6. The average Bonchev–Trinajstić information content (AvgIpc) is 2.30. The minimum Gasteiger partial charge on any atom is -0.494 e. The van der Waals surface area contributed by atoms with E-state index in [0.717, 1.165) is 0 Å². The number of benzene rings is 1. The van der Waals surface area contributed by atoms with Crippen LogP contribution in [-0.4, -0.2) is 25.9 Å². The average molecular weight is 273 g/mol. The fraction of sp³-hybridized carbons (Fsp3) is 0.500. The molecule has 0 spiro atoms. The minimum absolute atomic E-state index is 0.0780. The van der Waals surface area contributed by atoms with Gasteiger partial charge in [0.25, 0.3) is 0 Å². The molecule has 0 aliphatic rings. The second-order valence-electron chi connectivity index (χ2n) is 3.83. The SMILES string of the molecule is CCCS(=O)(=O)Nc1ccc(OCC)c(CO)c1. The van der Waals surface area contributed by atoms with Crippen LogP contribution in [0.3, 0.4) is 0 Å². The fourth-order valence-electron chi connectivity index (χ4n) is 1.56. The molecule has 18 heavy (non-hydrogen) atoms. The van der Waals surface area contributed by atoms with Crippen LogP contribution < -0.4 is 9.46 Å². The predicted molar refractivity (Wildman–Crippen MR) is 71.2 cm³/mol. The number of aliphatic hydroxyl groups excluding tert-OH is 1. The molecule has 0 saturated carbocycles. The van der Waals surface area contributed by atoms with E-state index < -0.39 is 10.0 Å². The van der Waals surface area contributed by atoms with Crippen LogP contribution in [0.2, 0.25) is 0 Å². The third-order valence-electron chi connectivity index (χ3n) is 2.28. The van der Waals surface area contributed by atoms with Crippen molar-refractivity contribution in [3.63, 3.8) is 0 Å². The van der Waals surface area contributed by atoms with Crippen LogP contribution in [0, 0.1) is 0 Å². The van der Waals surface area contributed by atoms with Gasteiger partial charge in [-0.1, -0.05) is 6.92 Å². The highest BCUT2D eigenvalue weighted by Crippen LogP contribution is 2.23. The Morgan fingerprint density at radius 1 is 1.33 bits per heavy atom. The van der Waals surface area contributed by atoms with Crippen molar-refractivity contribution in [1.82, 2.24) is 0 Å². The highest BCUT2D eigenvalue weighted by atomic mass is 32.2. The van der Waals surface area contributed by atoms with Gasteiger partial charge >= 0.3 is 0 Å². The number of anilines is 1. The first-order chi connectivity index (χ1) is 8.52. The van der Waals surface area contributed by atoms with Gasteiger partial charge in [-0.3, -0.25) is 4.72 Å². The molecule has 0 fully saturated rings. The number of sulfonamides is 1. The van der Waals surface area contributed by atoms with Crippen molar-refractivity contribution in [2.75, 3.05) is 17.1 Å². The Labute approximate surface area is 108 Å². The van der Waals surface area contributed by atoms with E-state index in [2.05, 4.69) is 4.72 Å². The van der Waals surface area contributed by atoms with Crippen LogP contribution in [-0.2, 0) is 16.6 Å². The third kappa shape index (κ3) is 4.19. The predicted octanol–water partition coefficient (Wildman–Crippen LogP) is 1.73. The summed E-state index contributed by atoms with van der Waals surface area (Å²) in [5.74, 6) is 0.646. The molecule has 0 atom stereocenters. The normalized spacial score (nSPS) is 11.3. The van der Waals surface area contributed by atoms with Crippen LogP contribution >= 0.6 is 0 Å². The second kappa shape index (κ2) is 6.61. The molecule has 2 N–H and O–H groups in total. The van der Waals surface area contributed by atoms with Gasteiger partial charge in [0.15, 0.2) is 0 Å². The number of nitrogens with one attached hydrogen (secondary N) is 1. The summed E-state index contributed by atoms with van der Waals surface area (Å²) in [7, 11) is -3.31. The van der Waals surface area contributed by atoms with Crippen LogP contribution in [0.1, 0.15) is 25.8 Å². The topological polar surface area (TPSA) is 75.6 Å². The van der Waals surface area contributed by atoms with Crippen LogP contribution in [0.15, 0.2) is 18.2 Å². The molecule has 0 aliphatic heterocycles. The Morgan fingerprint density at radius 2 is 2.06 bits per heavy atom. The molecule has 0 saturated heterocycles. The maximum Gasteiger partial charge on any atom is 0.232 e. The number of rotatable bonds is 7. The first-order valence-corrected chi connectivity index (χ1v) is 7.54. The third-order valence-corrected chi connectivity index (χ3v) is 3.77. The lowest BCUT2D eigenvalue weighted by Crippen LogP contribution is -2.16. The number of hydrogen-bond donors (Lipinski definition) is 2. The van der Waals surface area contributed by atoms with Gasteiger partial charge in [0.2, 0.25) is 10.0 Å². The van der Waals surface area contributed by atoms with Crippen LogP contribution in [0.4, 0.5) is 5.69 Å². The fourth-order valence-corrected chi connectivity index (χ4v) is 2.69. The molecule has 6 heteroatoms. The summed E-state index contributed by atoms with van der Waals surface area (Å²) in [4.78, 5) is 0. The monoisotopic (exact) mass is 273 g/mol. The maximum atomic E-state index is 11.6. The van der Waals surface area contributed by atoms with Gasteiger partial charge in [0, 0.05) is 11.3 Å². The zero-order valence-electron chi connectivity index (χ0n) is 10.6. The van der Waals surface area contributed by atoms with Crippen molar-refractivity contribution in [3.05, 3.63) is 23.8 Å². The van der Waals surface area contributed by atoms with E-state index in [1.54, 1.807) is 25.1 Å². The van der Waals surface area contributed by atoms with Gasteiger partial charge in [0.1, 0.15) is 5.75 Å². The van der Waals surface area contributed by atoms with Gasteiger partial charge < -0.3 is 9.84 Å². The summed E-state index contributed by atoms with van der Waals surface area (Å²) < 4.78 is 31.0. The Bertz CT molecular complexity index is 485. The van der Waals surface area contributed by atoms with Crippen molar-refractivity contribution >= 4 is 15.7 Å². The molecule has 0 unspecified atom stereocenters. The van der Waals surface area contributed by atoms with Crippen molar-refractivity contribution in [1.29, 1.82) is 0 Å². The van der Waals surface area contributed by atoms with Gasteiger partial charge in [-0.15, -0.1) is 0 Å². The number of aliphatic hydroxyl groups is 1. The largest absolute Gasteiger partial charge is 0.494 e. The van der Waals surface area contributed by atoms with Crippen molar-refractivity contribution in [2.24, 2.45) is 0 Å². The van der Waals surface area contributed by atoms with Gasteiger partial charge in [-0.25, -0.2) is 8.42 Å². The molecule has 1 aromatic rings. The van der Waals surface area contributed by atoms with Crippen LogP contribution in [0.25, 0.3) is 0 Å². The molecular formula is C12H19NO4S. The van der Waals surface area contributed by atoms with Crippen LogP contribution in [0.5, 0.6) is 5.75 Å². The van der Waals surface area contributed by atoms with Crippen molar-refractivity contribution < 1.29 is 18.3 Å². The Hall–Kier alpha value is -1.27. The molecule has 5 nitrogen and oxygen atoms in total. The van der Waals surface area contributed by atoms with Gasteiger partial charge in [-0.05, 0) is 31.5 Å². The van der Waals surface area contributed by atoms with Gasteiger partial charge in [0.05, 0.1) is 19.0 Å². The highest BCUT2D eigenvalue weighted by molar-refractivity contribution is 7.92. The van der Waals surface area contributed by atoms with E-state index in [4.69, 9.17) is 4.74 Å². The summed E-state index contributed by atoms with van der Waals surface area (Å²) in [6, 6.07) is 4.86. The smallest absolute Gasteiger partial charge is 0.232 e. The first-order valence-electron chi connectivity index (χ1n) is 5.89. The Balaban J connectivity index is 2.92. The molecule has 0 aliphatic carbocycles. The molecule has 1 aromatic carbocycles. The van der Waals surface area contributed by atoms with E-state index >= 15 is 0 Å². The molecule has 0 bridgehead atoms. The molecule has 1 rings (SSSR count). The molecule has 0 heterocycles. The molecular weight excluding hydrogens is 254 g/mol. The second-order valence-corrected chi connectivity index (χ2v) is 5.68. The van der Waals surface area contributed by atoms with Gasteiger partial charge in [-0.2, -0.15) is 0 Å². The summed E-state index contributed by atoms with van der Waals surface area (Å²) in [6.07, 6.45) is 0.555. The van der Waals surface area contributed by atoms with E-state index in [-0.39, 0.29) is 12.4 Å². The molecule has 0 aromatic heterocycles. The molecule has 0 amide bonds. The molecule has 102 valence electrons. The number of ether oxygens (including phenoxy) is 1. The standard InChI is InChI=1S/C12H19NO4S/c1-3-7-18(15,16)13-11-5-6-12(17-4-2)10(8-11)9-14/h5-6,8,13-14H,3-4,7,9H2,1-2H3. The molecule has 0 radical (unpaired) electrons. The first kappa shape index (κ1) is 14.8. The lowest BCUT2D eigenvalue weighted by molar-refractivity contribution is 0.267. The zero-order valence-corrected chi connectivity index (χ0v) is 11.5. The van der Waals surface area contributed by atoms with E-state index in [1.165, 1.54) is 0 Å². The Morgan fingerprint density at radius 3 is 2.61 bits per heavy atom. The summed E-state index contributed by atoms with van der Waals surface area (Å²) in [5.41, 5.74) is 1.00. The summed E-state index contributed by atoms with van der Waals surface area (Å²) in [5, 5.41) is 9.21. The number of hydrogen-bond acceptors (Lipinski definition) is 4. The lowest BCUT2D eigenvalue weighted by atomic mass is 10.2. The highest BCUT2D eigenvalue weighted by Gasteiger charge is 2.10.